The lowest BCUT2D eigenvalue weighted by Crippen LogP contribution is -2.03. The molecule has 3 heteroatoms. The van der Waals surface area contributed by atoms with Gasteiger partial charge in [-0.25, -0.2) is 0 Å². The lowest BCUT2D eigenvalue weighted by Gasteiger charge is -2.08. The monoisotopic (exact) mass is 356 g/mol. The molecule has 0 bridgehead atoms. The molecule has 0 heterocycles. The molecule has 1 aromatic rings. The Morgan fingerprint density at radius 1 is 0.962 bits per heavy atom. The third-order valence-corrected chi connectivity index (χ3v) is 4.09. The molecule has 0 aliphatic carbocycles. The van der Waals surface area contributed by atoms with Gasteiger partial charge in [0.25, 0.3) is 0 Å². The van der Waals surface area contributed by atoms with Crippen LogP contribution in [0, 0.1) is 0 Å². The van der Waals surface area contributed by atoms with Crippen LogP contribution in [0.1, 0.15) is 65.9 Å². The van der Waals surface area contributed by atoms with Crippen molar-refractivity contribution in [1.29, 1.82) is 0 Å². The molecule has 0 saturated heterocycles. The van der Waals surface area contributed by atoms with E-state index in [0.29, 0.717) is 12.2 Å². The number of hydrogen-bond acceptors (Lipinski definition) is 3. The van der Waals surface area contributed by atoms with Crippen molar-refractivity contribution >= 4 is 5.97 Å². The molecule has 1 aromatic carbocycles. The van der Waals surface area contributed by atoms with Crippen LogP contribution in [-0.2, 0) is 11.2 Å². The summed E-state index contributed by atoms with van der Waals surface area (Å²) < 4.78 is 5.21. The second-order valence-electron chi connectivity index (χ2n) is 7.05. The first-order valence-corrected chi connectivity index (χ1v) is 9.23. The standard InChI is InChI=1S/C23H32O3/c1-17(2)8-6-9-18(3)10-7-11-19(4)12-13-21-16-22(25)14-15-23(21)26-20(5)24/h8,10,12,14-16,25H,6-7,9,11,13H2,1-5H3. The van der Waals surface area contributed by atoms with E-state index in [1.54, 1.807) is 12.1 Å². The minimum Gasteiger partial charge on any atom is -0.508 e. The van der Waals surface area contributed by atoms with Gasteiger partial charge in [-0.2, -0.15) is 0 Å². The number of esters is 1. The average Bonchev–Trinajstić information content (AvgIpc) is 2.54. The molecule has 26 heavy (non-hydrogen) atoms. The van der Waals surface area contributed by atoms with Crippen LogP contribution in [0.2, 0.25) is 0 Å². The van der Waals surface area contributed by atoms with Crippen molar-refractivity contribution in [3.8, 4) is 11.5 Å². The van der Waals surface area contributed by atoms with Crippen molar-refractivity contribution in [1.82, 2.24) is 0 Å². The average molecular weight is 357 g/mol. The molecule has 0 spiro atoms. The highest BCUT2D eigenvalue weighted by Crippen LogP contribution is 2.25. The number of benzene rings is 1. The van der Waals surface area contributed by atoms with Gasteiger partial charge in [-0.1, -0.05) is 34.9 Å². The van der Waals surface area contributed by atoms with Gasteiger partial charge in [-0.05, 0) is 78.0 Å². The Morgan fingerprint density at radius 2 is 1.58 bits per heavy atom. The molecule has 0 fully saturated rings. The number of ether oxygens (including phenoxy) is 1. The fourth-order valence-corrected chi connectivity index (χ4v) is 2.60. The molecule has 0 unspecified atom stereocenters. The molecule has 3 nitrogen and oxygen atoms in total. The fourth-order valence-electron chi connectivity index (χ4n) is 2.60. The molecular formula is C23H32O3. The summed E-state index contributed by atoms with van der Waals surface area (Å²) in [6.07, 6.45) is 11.6. The predicted octanol–water partition coefficient (Wildman–Crippen LogP) is 6.28. The van der Waals surface area contributed by atoms with Crippen molar-refractivity contribution in [3.63, 3.8) is 0 Å². The number of phenolic OH excluding ortho intramolecular Hbond substituents is 1. The van der Waals surface area contributed by atoms with Crippen LogP contribution in [-0.4, -0.2) is 11.1 Å². The van der Waals surface area contributed by atoms with E-state index in [1.807, 2.05) is 0 Å². The predicted molar refractivity (Wildman–Crippen MR) is 109 cm³/mol. The van der Waals surface area contributed by atoms with E-state index < -0.39 is 0 Å². The second kappa shape index (κ2) is 11.3. The highest BCUT2D eigenvalue weighted by Gasteiger charge is 2.06. The van der Waals surface area contributed by atoms with Crippen LogP contribution < -0.4 is 4.74 Å². The van der Waals surface area contributed by atoms with Gasteiger partial charge in [-0.15, -0.1) is 0 Å². The molecule has 0 aromatic heterocycles. The van der Waals surface area contributed by atoms with E-state index in [4.69, 9.17) is 4.74 Å². The third kappa shape index (κ3) is 9.26. The molecule has 0 aliphatic rings. The molecule has 0 aliphatic heterocycles. The molecular weight excluding hydrogens is 324 g/mol. The zero-order chi connectivity index (χ0) is 19.5. The van der Waals surface area contributed by atoms with Crippen LogP contribution in [0.4, 0.5) is 0 Å². The van der Waals surface area contributed by atoms with Gasteiger partial charge in [-0.3, -0.25) is 4.79 Å². The lowest BCUT2D eigenvalue weighted by molar-refractivity contribution is -0.131. The minimum absolute atomic E-state index is 0.178. The summed E-state index contributed by atoms with van der Waals surface area (Å²) in [6.45, 7) is 9.94. The summed E-state index contributed by atoms with van der Waals surface area (Å²) in [4.78, 5) is 11.2. The maximum absolute atomic E-state index is 11.2. The van der Waals surface area contributed by atoms with E-state index in [2.05, 4.69) is 45.9 Å². The van der Waals surface area contributed by atoms with Gasteiger partial charge in [0.2, 0.25) is 0 Å². The molecule has 0 amide bonds. The Balaban J connectivity index is 2.57. The van der Waals surface area contributed by atoms with Crippen LogP contribution in [0.5, 0.6) is 11.5 Å². The number of phenols is 1. The lowest BCUT2D eigenvalue weighted by atomic mass is 10.0. The van der Waals surface area contributed by atoms with E-state index in [1.165, 1.54) is 29.7 Å². The van der Waals surface area contributed by atoms with Crippen molar-refractivity contribution in [2.24, 2.45) is 0 Å². The van der Waals surface area contributed by atoms with Gasteiger partial charge in [0.15, 0.2) is 0 Å². The van der Waals surface area contributed by atoms with Crippen molar-refractivity contribution in [3.05, 3.63) is 58.7 Å². The van der Waals surface area contributed by atoms with E-state index in [0.717, 1.165) is 31.2 Å². The summed E-state index contributed by atoms with van der Waals surface area (Å²) in [6, 6.07) is 4.81. The number of carbonyl (C=O) groups excluding carboxylic acids is 1. The Labute approximate surface area is 158 Å². The summed E-state index contributed by atoms with van der Waals surface area (Å²) in [5, 5.41) is 9.67. The smallest absolute Gasteiger partial charge is 0.308 e. The molecule has 0 radical (unpaired) electrons. The molecule has 0 atom stereocenters. The van der Waals surface area contributed by atoms with E-state index in [-0.39, 0.29) is 11.7 Å². The fraction of sp³-hybridized carbons (Fsp3) is 0.435. The number of allylic oxidation sites excluding steroid dienone is 6. The van der Waals surface area contributed by atoms with Crippen molar-refractivity contribution < 1.29 is 14.6 Å². The Hall–Kier alpha value is -2.29. The third-order valence-electron chi connectivity index (χ3n) is 4.09. The van der Waals surface area contributed by atoms with Crippen LogP contribution in [0.25, 0.3) is 0 Å². The molecule has 1 N–H and O–H groups in total. The van der Waals surface area contributed by atoms with Gasteiger partial charge in [0, 0.05) is 12.5 Å². The summed E-state index contributed by atoms with van der Waals surface area (Å²) in [5.74, 6) is 0.331. The van der Waals surface area contributed by atoms with Crippen molar-refractivity contribution in [2.45, 2.75) is 66.7 Å². The number of hydrogen-bond donors (Lipinski definition) is 1. The first-order valence-electron chi connectivity index (χ1n) is 9.23. The minimum atomic E-state index is -0.355. The highest BCUT2D eigenvalue weighted by molar-refractivity contribution is 5.70. The zero-order valence-corrected chi connectivity index (χ0v) is 16.8. The first kappa shape index (κ1) is 21.8. The highest BCUT2D eigenvalue weighted by atomic mass is 16.5. The van der Waals surface area contributed by atoms with Crippen LogP contribution in [0.15, 0.2) is 53.1 Å². The second-order valence-corrected chi connectivity index (χ2v) is 7.05. The Kier molecular flexibility index (Phi) is 9.50. The van der Waals surface area contributed by atoms with E-state index in [9.17, 15) is 9.90 Å². The van der Waals surface area contributed by atoms with E-state index >= 15 is 0 Å². The normalized spacial score (nSPS) is 12.0. The van der Waals surface area contributed by atoms with Gasteiger partial charge in [0.1, 0.15) is 11.5 Å². The first-order chi connectivity index (χ1) is 12.3. The SMILES string of the molecule is CC(=O)Oc1ccc(O)cc1CC=C(C)CCC=C(C)CCC=C(C)C. The van der Waals surface area contributed by atoms with Gasteiger partial charge >= 0.3 is 5.97 Å². The maximum Gasteiger partial charge on any atom is 0.308 e. The molecule has 1 rings (SSSR count). The van der Waals surface area contributed by atoms with Crippen LogP contribution >= 0.6 is 0 Å². The summed E-state index contributed by atoms with van der Waals surface area (Å²) in [7, 11) is 0. The van der Waals surface area contributed by atoms with Crippen molar-refractivity contribution in [2.75, 3.05) is 0 Å². The van der Waals surface area contributed by atoms with Gasteiger partial charge < -0.3 is 9.84 Å². The number of rotatable bonds is 9. The molecule has 142 valence electrons. The largest absolute Gasteiger partial charge is 0.508 e. The van der Waals surface area contributed by atoms with Gasteiger partial charge in [0.05, 0.1) is 0 Å². The quantitative estimate of drug-likeness (QED) is 0.322. The topological polar surface area (TPSA) is 46.5 Å². The number of carbonyl (C=O) groups is 1. The van der Waals surface area contributed by atoms with Crippen LogP contribution in [0.3, 0.4) is 0 Å². The Bertz CT molecular complexity index is 689. The summed E-state index contributed by atoms with van der Waals surface area (Å²) in [5.41, 5.74) is 4.90. The molecule has 0 saturated carbocycles. The number of aromatic hydroxyl groups is 1. The maximum atomic E-state index is 11.2. The summed E-state index contributed by atoms with van der Waals surface area (Å²) >= 11 is 0. The Morgan fingerprint density at radius 3 is 2.19 bits per heavy atom. The zero-order valence-electron chi connectivity index (χ0n) is 16.8.